The zero-order valence-corrected chi connectivity index (χ0v) is 18.8. The number of amides is 1. The SMILES string of the molecule is Nc1ccccc1NC(=O)/C=C/CC[C@@H](Oc1ccccc1)[C@H](O)c1ccc(OCCO)cc1. The number of nitrogens with two attached hydrogens (primary N) is 1. The summed E-state index contributed by atoms with van der Waals surface area (Å²) >= 11 is 0. The van der Waals surface area contributed by atoms with Gasteiger partial charge in [0.1, 0.15) is 30.3 Å². The minimum Gasteiger partial charge on any atom is -0.491 e. The van der Waals surface area contributed by atoms with E-state index in [0.717, 1.165) is 0 Å². The summed E-state index contributed by atoms with van der Waals surface area (Å²) in [6, 6.07) is 23.4. The standard InChI is InChI=1S/C27H30N2O5/c28-23-10-4-5-11-24(23)29-26(31)13-7-6-12-25(34-22-8-2-1-3-9-22)27(32)20-14-16-21(17-15-20)33-19-18-30/h1-5,7-11,13-17,25,27,30,32H,6,12,18-19,28H2,(H,29,31)/b13-7+/t25-,27-/m1/s1. The van der Waals surface area contributed by atoms with E-state index >= 15 is 0 Å². The molecule has 0 saturated carbocycles. The molecule has 0 unspecified atom stereocenters. The van der Waals surface area contributed by atoms with Crippen molar-refractivity contribution in [2.75, 3.05) is 24.3 Å². The number of allylic oxidation sites excluding steroid dienone is 1. The predicted octanol–water partition coefficient (Wildman–Crippen LogP) is 4.10. The van der Waals surface area contributed by atoms with Crippen LogP contribution in [0.1, 0.15) is 24.5 Å². The van der Waals surface area contributed by atoms with E-state index < -0.39 is 12.2 Å². The summed E-state index contributed by atoms with van der Waals surface area (Å²) in [5.41, 5.74) is 7.59. The fourth-order valence-corrected chi connectivity index (χ4v) is 3.33. The first kappa shape index (κ1) is 24.8. The van der Waals surface area contributed by atoms with E-state index in [2.05, 4.69) is 5.32 Å². The molecule has 0 fully saturated rings. The van der Waals surface area contributed by atoms with Crippen LogP contribution in [0.5, 0.6) is 11.5 Å². The third-order valence-electron chi connectivity index (χ3n) is 5.07. The molecule has 0 aliphatic heterocycles. The lowest BCUT2D eigenvalue weighted by Crippen LogP contribution is -2.25. The lowest BCUT2D eigenvalue weighted by Gasteiger charge is -2.24. The average molecular weight is 463 g/mol. The summed E-state index contributed by atoms with van der Waals surface area (Å²) in [4.78, 5) is 12.2. The molecule has 0 saturated heterocycles. The van der Waals surface area contributed by atoms with Crippen LogP contribution in [-0.2, 0) is 4.79 Å². The molecule has 3 rings (SSSR count). The molecule has 178 valence electrons. The third-order valence-corrected chi connectivity index (χ3v) is 5.07. The highest BCUT2D eigenvalue weighted by molar-refractivity contribution is 6.01. The van der Waals surface area contributed by atoms with Gasteiger partial charge in [0.05, 0.1) is 18.0 Å². The lowest BCUT2D eigenvalue weighted by molar-refractivity contribution is -0.111. The van der Waals surface area contributed by atoms with E-state index in [1.807, 2.05) is 30.3 Å². The topological polar surface area (TPSA) is 114 Å². The van der Waals surface area contributed by atoms with Gasteiger partial charge in [-0.2, -0.15) is 0 Å². The second kappa shape index (κ2) is 13.0. The van der Waals surface area contributed by atoms with Crippen LogP contribution < -0.4 is 20.5 Å². The Morgan fingerprint density at radius 3 is 2.38 bits per heavy atom. The van der Waals surface area contributed by atoms with Crippen LogP contribution in [-0.4, -0.2) is 35.4 Å². The van der Waals surface area contributed by atoms with Crippen molar-refractivity contribution in [2.24, 2.45) is 0 Å². The molecule has 7 heteroatoms. The summed E-state index contributed by atoms with van der Waals surface area (Å²) in [6.07, 6.45) is 2.77. The van der Waals surface area contributed by atoms with E-state index in [4.69, 9.17) is 20.3 Å². The Morgan fingerprint density at radius 2 is 1.68 bits per heavy atom. The molecular weight excluding hydrogens is 432 g/mol. The Hall–Kier alpha value is -3.81. The molecule has 0 aliphatic carbocycles. The van der Waals surface area contributed by atoms with Crippen LogP contribution in [0.4, 0.5) is 11.4 Å². The molecule has 3 aromatic rings. The number of nitrogens with one attached hydrogen (secondary N) is 1. The number of anilines is 2. The summed E-state index contributed by atoms with van der Waals surface area (Å²) in [7, 11) is 0. The van der Waals surface area contributed by atoms with Crippen LogP contribution >= 0.6 is 0 Å². The highest BCUT2D eigenvalue weighted by Crippen LogP contribution is 2.27. The van der Waals surface area contributed by atoms with Gasteiger partial charge in [-0.05, 0) is 60.9 Å². The van der Waals surface area contributed by atoms with Crippen molar-refractivity contribution in [3.8, 4) is 11.5 Å². The first-order valence-electron chi connectivity index (χ1n) is 11.1. The lowest BCUT2D eigenvalue weighted by atomic mass is 10.00. The van der Waals surface area contributed by atoms with Crippen LogP contribution in [0.2, 0.25) is 0 Å². The number of hydrogen-bond donors (Lipinski definition) is 4. The molecule has 0 bridgehead atoms. The molecule has 7 nitrogen and oxygen atoms in total. The number of para-hydroxylation sites is 3. The molecule has 0 aromatic heterocycles. The minimum absolute atomic E-state index is 0.0678. The van der Waals surface area contributed by atoms with Crippen molar-refractivity contribution in [3.05, 3.63) is 96.6 Å². The number of aliphatic hydroxyl groups excluding tert-OH is 2. The first-order valence-corrected chi connectivity index (χ1v) is 11.1. The van der Waals surface area contributed by atoms with Gasteiger partial charge in [0.25, 0.3) is 0 Å². The average Bonchev–Trinajstić information content (AvgIpc) is 2.86. The molecule has 0 heterocycles. The van der Waals surface area contributed by atoms with Crippen LogP contribution in [0.15, 0.2) is 91.0 Å². The Labute approximate surface area is 199 Å². The Morgan fingerprint density at radius 1 is 0.971 bits per heavy atom. The summed E-state index contributed by atoms with van der Waals surface area (Å²) < 4.78 is 11.5. The molecule has 0 radical (unpaired) electrons. The van der Waals surface area contributed by atoms with Gasteiger partial charge in [-0.1, -0.05) is 48.5 Å². The van der Waals surface area contributed by atoms with Crippen LogP contribution in [0.3, 0.4) is 0 Å². The van der Waals surface area contributed by atoms with Crippen molar-refractivity contribution in [2.45, 2.75) is 25.0 Å². The predicted molar refractivity (Wildman–Crippen MR) is 133 cm³/mol. The molecule has 0 aliphatic rings. The van der Waals surface area contributed by atoms with E-state index in [9.17, 15) is 9.90 Å². The zero-order chi connectivity index (χ0) is 24.2. The first-order chi connectivity index (χ1) is 16.6. The van der Waals surface area contributed by atoms with Gasteiger partial charge < -0.3 is 30.7 Å². The maximum atomic E-state index is 12.2. The number of benzene rings is 3. The van der Waals surface area contributed by atoms with E-state index in [-0.39, 0.29) is 19.1 Å². The Kier molecular flexibility index (Phi) is 9.52. The van der Waals surface area contributed by atoms with E-state index in [1.54, 1.807) is 54.6 Å². The van der Waals surface area contributed by atoms with Crippen molar-refractivity contribution in [1.82, 2.24) is 0 Å². The molecule has 3 aromatic carbocycles. The Balaban J connectivity index is 1.62. The largest absolute Gasteiger partial charge is 0.491 e. The van der Waals surface area contributed by atoms with Gasteiger partial charge in [0, 0.05) is 0 Å². The van der Waals surface area contributed by atoms with Gasteiger partial charge >= 0.3 is 0 Å². The van der Waals surface area contributed by atoms with Gasteiger partial charge in [0.15, 0.2) is 0 Å². The molecule has 34 heavy (non-hydrogen) atoms. The van der Waals surface area contributed by atoms with Gasteiger partial charge in [-0.25, -0.2) is 0 Å². The third kappa shape index (κ3) is 7.65. The smallest absolute Gasteiger partial charge is 0.248 e. The normalized spacial score (nSPS) is 12.8. The summed E-state index contributed by atoms with van der Waals surface area (Å²) in [5.74, 6) is 0.978. The van der Waals surface area contributed by atoms with Gasteiger partial charge in [-0.15, -0.1) is 0 Å². The maximum absolute atomic E-state index is 12.2. The van der Waals surface area contributed by atoms with Crippen molar-refractivity contribution in [3.63, 3.8) is 0 Å². The molecule has 2 atom stereocenters. The van der Waals surface area contributed by atoms with Crippen LogP contribution in [0.25, 0.3) is 0 Å². The van der Waals surface area contributed by atoms with Crippen molar-refractivity contribution < 1.29 is 24.5 Å². The number of ether oxygens (including phenoxy) is 2. The van der Waals surface area contributed by atoms with Crippen molar-refractivity contribution in [1.29, 1.82) is 0 Å². The number of rotatable bonds is 12. The summed E-state index contributed by atoms with van der Waals surface area (Å²) in [6.45, 7) is 0.139. The fraction of sp³-hybridized carbons (Fsp3) is 0.222. The minimum atomic E-state index is -0.890. The van der Waals surface area contributed by atoms with Crippen molar-refractivity contribution >= 4 is 17.3 Å². The number of carbonyl (C=O) groups is 1. The molecule has 0 spiro atoms. The second-order valence-electron chi connectivity index (χ2n) is 7.61. The molecule has 1 amide bonds. The highest BCUT2D eigenvalue weighted by atomic mass is 16.5. The monoisotopic (exact) mass is 462 g/mol. The number of hydrogen-bond acceptors (Lipinski definition) is 6. The zero-order valence-electron chi connectivity index (χ0n) is 18.8. The van der Waals surface area contributed by atoms with Gasteiger partial charge in [0.2, 0.25) is 5.91 Å². The van der Waals surface area contributed by atoms with E-state index in [1.165, 1.54) is 6.08 Å². The van der Waals surface area contributed by atoms with Crippen LogP contribution in [0, 0.1) is 0 Å². The highest BCUT2D eigenvalue weighted by Gasteiger charge is 2.22. The second-order valence-corrected chi connectivity index (χ2v) is 7.61. The number of nitrogen functional groups attached to an aromatic ring is 1. The number of aliphatic hydroxyl groups is 2. The summed E-state index contributed by atoms with van der Waals surface area (Å²) in [5, 5.41) is 22.7. The maximum Gasteiger partial charge on any atom is 0.248 e. The van der Waals surface area contributed by atoms with E-state index in [0.29, 0.717) is 41.3 Å². The fourth-order valence-electron chi connectivity index (χ4n) is 3.33. The number of carbonyl (C=O) groups excluding carboxylic acids is 1. The molecular formula is C27H30N2O5. The molecule has 5 N–H and O–H groups in total. The van der Waals surface area contributed by atoms with Gasteiger partial charge in [-0.3, -0.25) is 4.79 Å². The quantitative estimate of drug-likeness (QED) is 0.238. The Bertz CT molecular complexity index is 1050.